The molecule has 0 amide bonds. The van der Waals surface area contributed by atoms with Gasteiger partial charge in [0, 0.05) is 13.1 Å². The Morgan fingerprint density at radius 2 is 1.42 bits per heavy atom. The van der Waals surface area contributed by atoms with Gasteiger partial charge in [-0.25, -0.2) is 9.29 Å². The van der Waals surface area contributed by atoms with Crippen LogP contribution < -0.4 is 0 Å². The van der Waals surface area contributed by atoms with Crippen LogP contribution in [0.25, 0.3) is 0 Å². The number of hydrogen-bond acceptors (Lipinski definition) is 3. The lowest BCUT2D eigenvalue weighted by atomic mass is 10.0. The summed E-state index contributed by atoms with van der Waals surface area (Å²) in [6.45, 7) is -2.24. The van der Waals surface area contributed by atoms with Crippen molar-refractivity contribution < 1.29 is 45.0 Å². The Kier molecular flexibility index (Phi) is 5.29. The van der Waals surface area contributed by atoms with Crippen LogP contribution in [0.2, 0.25) is 0 Å². The highest BCUT2D eigenvalue weighted by atomic mass is 19.4. The number of ether oxygens (including phenoxy) is 1. The van der Waals surface area contributed by atoms with Gasteiger partial charge < -0.3 is 4.74 Å². The Labute approximate surface area is 101 Å². The van der Waals surface area contributed by atoms with Crippen LogP contribution in [0.4, 0.5) is 35.4 Å². The van der Waals surface area contributed by atoms with E-state index in [4.69, 9.17) is 0 Å². The highest BCUT2D eigenvalue weighted by Gasteiger charge is 2.78. The first-order valence-corrected chi connectivity index (χ1v) is 4.71. The number of halogens is 8. The molecule has 0 bridgehead atoms. The Bertz CT molecular complexity index is 327. The summed E-state index contributed by atoms with van der Waals surface area (Å²) < 4.78 is 93.7. The quantitative estimate of drug-likeness (QED) is 0.452. The van der Waals surface area contributed by atoms with Crippen molar-refractivity contribution in [3.05, 3.63) is 0 Å². The molecule has 0 aromatic heterocycles. The first kappa shape index (κ1) is 18.0. The van der Waals surface area contributed by atoms with E-state index in [9.17, 15) is 35.5 Å². The summed E-state index contributed by atoms with van der Waals surface area (Å²) in [7, 11) is 0. The molecule has 0 N–H and O–H groups in total. The molecule has 114 valence electrons. The highest BCUT2D eigenvalue weighted by Crippen LogP contribution is 2.48. The molecule has 3 nitrogen and oxygen atoms in total. The molecule has 1 atom stereocenters. The van der Waals surface area contributed by atoms with Crippen molar-refractivity contribution in [1.82, 2.24) is 4.90 Å². The van der Waals surface area contributed by atoms with E-state index in [0.29, 0.717) is 0 Å². The summed E-state index contributed by atoms with van der Waals surface area (Å²) in [5, 5.41) is 0. The van der Waals surface area contributed by atoms with E-state index in [0.717, 1.165) is 0 Å². The summed E-state index contributed by atoms with van der Waals surface area (Å²) >= 11 is 0. The fraction of sp³-hybridized carbons (Fsp3) is 0.875. The first-order chi connectivity index (χ1) is 8.05. The van der Waals surface area contributed by atoms with Crippen molar-refractivity contribution in [3.63, 3.8) is 0 Å². The Morgan fingerprint density at radius 3 is 1.74 bits per heavy atom. The normalized spacial score (nSPS) is 21.4. The molecular formula is C8H9F8NO2. The number of rotatable bonds is 3. The second-order valence-corrected chi connectivity index (χ2v) is 3.57. The van der Waals surface area contributed by atoms with Gasteiger partial charge in [-0.05, 0) is 0 Å². The van der Waals surface area contributed by atoms with E-state index in [2.05, 4.69) is 4.74 Å². The molecule has 1 heterocycles. The average molecular weight is 303 g/mol. The minimum absolute atomic E-state index is 0. The van der Waals surface area contributed by atoms with Crippen LogP contribution in [0.5, 0.6) is 0 Å². The molecule has 0 aromatic rings. The van der Waals surface area contributed by atoms with Crippen molar-refractivity contribution in [1.29, 1.82) is 0 Å². The van der Waals surface area contributed by atoms with Crippen LogP contribution in [0.1, 0.15) is 0 Å². The standard InChI is InChI=1S/C8H8F7NO2.FH/c9-5(17)6(10,7(11,12)13)8(14,15)16-1-3-18-4-2-16;/h1-4H2;1H. The number of morpholine rings is 1. The van der Waals surface area contributed by atoms with E-state index < -0.39 is 37.0 Å². The molecule has 0 saturated carbocycles. The van der Waals surface area contributed by atoms with Crippen LogP contribution >= 0.6 is 0 Å². The number of alkyl halides is 6. The number of nitrogens with zero attached hydrogens (tertiary/aromatic N) is 1. The lowest BCUT2D eigenvalue weighted by Crippen LogP contribution is -2.67. The fourth-order valence-corrected chi connectivity index (χ4v) is 1.46. The molecule has 11 heteroatoms. The van der Waals surface area contributed by atoms with Crippen LogP contribution in [0, 0.1) is 0 Å². The Morgan fingerprint density at radius 1 is 1.00 bits per heavy atom. The maximum Gasteiger partial charge on any atom is 0.440 e. The molecule has 1 aliphatic heterocycles. The van der Waals surface area contributed by atoms with Crippen molar-refractivity contribution >= 4 is 6.04 Å². The zero-order valence-electron chi connectivity index (χ0n) is 9.15. The maximum atomic E-state index is 13.4. The van der Waals surface area contributed by atoms with Gasteiger partial charge in [0.1, 0.15) is 0 Å². The van der Waals surface area contributed by atoms with Crippen LogP contribution in [0.15, 0.2) is 0 Å². The summed E-state index contributed by atoms with van der Waals surface area (Å²) in [5.74, 6) is 0. The molecule has 0 spiro atoms. The lowest BCUT2D eigenvalue weighted by Gasteiger charge is -2.40. The van der Waals surface area contributed by atoms with E-state index in [1.54, 1.807) is 0 Å². The van der Waals surface area contributed by atoms with Gasteiger partial charge in [-0.15, -0.1) is 0 Å². The molecule has 1 fully saturated rings. The van der Waals surface area contributed by atoms with Gasteiger partial charge in [-0.3, -0.25) is 9.50 Å². The predicted molar refractivity (Wildman–Crippen MR) is 45.9 cm³/mol. The van der Waals surface area contributed by atoms with Crippen molar-refractivity contribution in [2.45, 2.75) is 17.9 Å². The zero-order chi connectivity index (χ0) is 14.2. The molecule has 19 heavy (non-hydrogen) atoms. The second kappa shape index (κ2) is 5.57. The topological polar surface area (TPSA) is 29.5 Å². The predicted octanol–water partition coefficient (Wildman–Crippen LogP) is 1.83. The van der Waals surface area contributed by atoms with Crippen molar-refractivity contribution in [2.24, 2.45) is 0 Å². The van der Waals surface area contributed by atoms with Gasteiger partial charge in [-0.2, -0.15) is 26.3 Å². The first-order valence-electron chi connectivity index (χ1n) is 4.71. The molecule has 0 aromatic carbocycles. The van der Waals surface area contributed by atoms with E-state index in [-0.39, 0.29) is 22.8 Å². The van der Waals surface area contributed by atoms with Gasteiger partial charge in [0.2, 0.25) is 0 Å². The largest absolute Gasteiger partial charge is 0.440 e. The summed E-state index contributed by atoms with van der Waals surface area (Å²) in [5.41, 5.74) is -5.88. The molecular weight excluding hydrogens is 294 g/mol. The average Bonchev–Trinajstić information content (AvgIpc) is 2.27. The van der Waals surface area contributed by atoms with Gasteiger partial charge in [0.05, 0.1) is 13.2 Å². The third-order valence-corrected chi connectivity index (χ3v) is 2.48. The number of carbonyl (C=O) groups is 1. The van der Waals surface area contributed by atoms with Gasteiger partial charge in [-0.1, -0.05) is 0 Å². The van der Waals surface area contributed by atoms with E-state index in [1.165, 1.54) is 0 Å². The highest BCUT2D eigenvalue weighted by molar-refractivity contribution is 5.80. The number of carbonyl (C=O) groups excluding carboxylic acids is 1. The zero-order valence-corrected chi connectivity index (χ0v) is 9.15. The monoisotopic (exact) mass is 303 g/mol. The summed E-state index contributed by atoms with van der Waals surface area (Å²) in [6, 6.07) is -9.10. The Hall–Kier alpha value is -0.970. The van der Waals surface area contributed by atoms with Gasteiger partial charge in [0.15, 0.2) is 0 Å². The Balaban J connectivity index is 0.00000324. The fourth-order valence-electron chi connectivity index (χ4n) is 1.46. The van der Waals surface area contributed by atoms with E-state index in [1.807, 2.05) is 0 Å². The number of hydrogen-bond donors (Lipinski definition) is 0. The van der Waals surface area contributed by atoms with Gasteiger partial charge >= 0.3 is 23.9 Å². The molecule has 0 aliphatic carbocycles. The summed E-state index contributed by atoms with van der Waals surface area (Å²) in [4.78, 5) is 9.84. The van der Waals surface area contributed by atoms with Crippen LogP contribution in [0.3, 0.4) is 0 Å². The third-order valence-electron chi connectivity index (χ3n) is 2.48. The lowest BCUT2D eigenvalue weighted by molar-refractivity contribution is -0.334. The molecule has 1 rings (SSSR count). The van der Waals surface area contributed by atoms with Crippen LogP contribution in [-0.4, -0.2) is 55.1 Å². The van der Waals surface area contributed by atoms with Crippen molar-refractivity contribution in [3.8, 4) is 0 Å². The maximum absolute atomic E-state index is 13.4. The second-order valence-electron chi connectivity index (χ2n) is 3.57. The smallest absolute Gasteiger partial charge is 0.379 e. The van der Waals surface area contributed by atoms with Gasteiger partial charge in [0.25, 0.3) is 0 Å². The third kappa shape index (κ3) is 2.81. The van der Waals surface area contributed by atoms with Crippen LogP contribution in [-0.2, 0) is 9.53 Å². The van der Waals surface area contributed by atoms with Crippen molar-refractivity contribution in [2.75, 3.05) is 26.3 Å². The molecule has 0 radical (unpaired) electrons. The summed E-state index contributed by atoms with van der Waals surface area (Å²) in [6.07, 6.45) is -6.36. The van der Waals surface area contributed by atoms with E-state index >= 15 is 0 Å². The SMILES string of the molecule is F.O=C(F)C(F)(C(F)(F)F)C(F)(F)N1CCOCC1. The molecule has 1 aliphatic rings. The molecule has 1 unspecified atom stereocenters. The minimum atomic E-state index is -6.36. The minimum Gasteiger partial charge on any atom is -0.379 e. The molecule has 1 saturated heterocycles.